The predicted molar refractivity (Wildman–Crippen MR) is 81.8 cm³/mol. The quantitative estimate of drug-likeness (QED) is 0.485. The van der Waals surface area contributed by atoms with Crippen molar-refractivity contribution >= 4 is 0 Å². The summed E-state index contributed by atoms with van der Waals surface area (Å²) >= 11 is 0. The third kappa shape index (κ3) is 3.56. The van der Waals surface area contributed by atoms with E-state index in [4.69, 9.17) is 10.3 Å². The fraction of sp³-hybridized carbons (Fsp3) is 0.625. The van der Waals surface area contributed by atoms with Gasteiger partial charge in [-0.2, -0.15) is 0 Å². The molecule has 2 aliphatic heterocycles. The summed E-state index contributed by atoms with van der Waals surface area (Å²) in [5.74, 6) is 0. The van der Waals surface area contributed by atoms with Gasteiger partial charge in [0.05, 0.1) is 5.60 Å². The molecule has 0 bridgehead atoms. The van der Waals surface area contributed by atoms with E-state index in [-0.39, 0.29) is 11.6 Å². The van der Waals surface area contributed by atoms with Crippen molar-refractivity contribution in [3.05, 3.63) is 46.3 Å². The summed E-state index contributed by atoms with van der Waals surface area (Å²) in [5, 5.41) is 3.91. The van der Waals surface area contributed by atoms with Crippen molar-refractivity contribution in [2.75, 3.05) is 19.7 Å². The van der Waals surface area contributed by atoms with Crippen LogP contribution in [0.4, 0.5) is 0 Å². The lowest BCUT2D eigenvalue weighted by molar-refractivity contribution is -0.116. The highest BCUT2D eigenvalue weighted by Gasteiger charge is 2.39. The Morgan fingerprint density at radius 3 is 2.76 bits per heavy atom. The van der Waals surface area contributed by atoms with Crippen LogP contribution in [0.15, 0.2) is 35.4 Å². The highest BCUT2D eigenvalue weighted by molar-refractivity contribution is 5.14. The average Bonchev–Trinajstić information content (AvgIpc) is 2.52. The number of hydrogen-bond donors (Lipinski definition) is 0. The maximum atomic E-state index is 8.62. The van der Waals surface area contributed by atoms with E-state index in [0.717, 1.165) is 51.9 Å². The average molecular weight is 286 g/mol. The van der Waals surface area contributed by atoms with Crippen LogP contribution in [-0.4, -0.2) is 36.2 Å². The van der Waals surface area contributed by atoms with Crippen molar-refractivity contribution < 1.29 is 4.74 Å². The molecule has 21 heavy (non-hydrogen) atoms. The number of rotatable bonds is 3. The Labute approximate surface area is 125 Å². The first-order chi connectivity index (χ1) is 10.3. The number of likely N-dealkylation sites (tertiary alicyclic amines) is 1. The predicted octanol–water partition coefficient (Wildman–Crippen LogP) is 3.51. The first-order valence-electron chi connectivity index (χ1n) is 7.74. The maximum absolute atomic E-state index is 8.62. The molecule has 5 nitrogen and oxygen atoms in total. The van der Waals surface area contributed by atoms with Crippen LogP contribution in [0, 0.1) is 0 Å². The number of piperidine rings is 1. The van der Waals surface area contributed by atoms with Crippen molar-refractivity contribution in [1.29, 1.82) is 0 Å². The molecule has 3 rings (SSSR count). The van der Waals surface area contributed by atoms with Gasteiger partial charge in [-0.15, -0.1) is 0 Å². The monoisotopic (exact) mass is 286 g/mol. The number of nitrogens with zero attached hydrogens (tertiary/aromatic N) is 4. The molecule has 0 amide bonds. The molecule has 1 unspecified atom stereocenters. The third-order valence-corrected chi connectivity index (χ3v) is 4.70. The standard InChI is InChI=1S/C16H22N4O/c17-19-18-15-6-11-21-16(12-15)7-9-20(10-8-16)13-14-4-2-1-3-5-14/h1-5,15H,6-13H2. The minimum atomic E-state index is -0.0513. The van der Waals surface area contributed by atoms with Crippen molar-refractivity contribution in [2.24, 2.45) is 5.11 Å². The Hall–Kier alpha value is -1.55. The molecule has 5 heteroatoms. The molecular formula is C16H22N4O. The molecular weight excluding hydrogens is 264 g/mol. The van der Waals surface area contributed by atoms with E-state index in [9.17, 15) is 0 Å². The highest BCUT2D eigenvalue weighted by atomic mass is 16.5. The topological polar surface area (TPSA) is 61.2 Å². The van der Waals surface area contributed by atoms with Gasteiger partial charge in [-0.05, 0) is 36.8 Å². The zero-order chi connectivity index (χ0) is 14.5. The zero-order valence-corrected chi connectivity index (χ0v) is 12.3. The molecule has 0 aromatic heterocycles. The van der Waals surface area contributed by atoms with Crippen LogP contribution in [0.5, 0.6) is 0 Å². The largest absolute Gasteiger partial charge is 0.375 e. The van der Waals surface area contributed by atoms with Crippen LogP contribution >= 0.6 is 0 Å². The number of azide groups is 1. The summed E-state index contributed by atoms with van der Waals surface area (Å²) in [6, 6.07) is 10.7. The van der Waals surface area contributed by atoms with Crippen molar-refractivity contribution in [3.8, 4) is 0 Å². The van der Waals surface area contributed by atoms with Gasteiger partial charge in [0.15, 0.2) is 0 Å². The summed E-state index contributed by atoms with van der Waals surface area (Å²) in [6.45, 7) is 3.84. The number of ether oxygens (including phenoxy) is 1. The second-order valence-corrected chi connectivity index (χ2v) is 6.14. The molecule has 2 heterocycles. The summed E-state index contributed by atoms with van der Waals surface area (Å²) in [7, 11) is 0. The summed E-state index contributed by atoms with van der Waals surface area (Å²) in [5.41, 5.74) is 9.94. The Morgan fingerprint density at radius 2 is 2.05 bits per heavy atom. The number of benzene rings is 1. The Kier molecular flexibility index (Phi) is 4.44. The van der Waals surface area contributed by atoms with Crippen LogP contribution in [0.1, 0.15) is 31.2 Å². The molecule has 1 aromatic rings. The van der Waals surface area contributed by atoms with Crippen LogP contribution in [0.3, 0.4) is 0 Å². The van der Waals surface area contributed by atoms with Crippen molar-refractivity contribution in [1.82, 2.24) is 4.90 Å². The van der Waals surface area contributed by atoms with E-state index in [0.29, 0.717) is 0 Å². The van der Waals surface area contributed by atoms with Gasteiger partial charge in [-0.3, -0.25) is 4.90 Å². The smallest absolute Gasteiger partial charge is 0.0710 e. The first-order valence-corrected chi connectivity index (χ1v) is 7.74. The van der Waals surface area contributed by atoms with E-state index < -0.39 is 0 Å². The first kappa shape index (κ1) is 14.4. The van der Waals surface area contributed by atoms with Crippen LogP contribution in [-0.2, 0) is 11.3 Å². The van der Waals surface area contributed by atoms with Crippen molar-refractivity contribution in [3.63, 3.8) is 0 Å². The molecule has 2 saturated heterocycles. The van der Waals surface area contributed by atoms with E-state index >= 15 is 0 Å². The SMILES string of the molecule is [N-]=[N+]=NC1CCOC2(CCN(Cc3ccccc3)CC2)C1. The second kappa shape index (κ2) is 6.48. The van der Waals surface area contributed by atoms with Gasteiger partial charge in [0.1, 0.15) is 0 Å². The van der Waals surface area contributed by atoms with Crippen LogP contribution < -0.4 is 0 Å². The molecule has 112 valence electrons. The van der Waals surface area contributed by atoms with Gasteiger partial charge in [0, 0.05) is 37.2 Å². The highest BCUT2D eigenvalue weighted by Crippen LogP contribution is 2.36. The Balaban J connectivity index is 1.56. The zero-order valence-electron chi connectivity index (χ0n) is 12.3. The van der Waals surface area contributed by atoms with Gasteiger partial charge < -0.3 is 4.74 Å². The normalized spacial score (nSPS) is 25.4. The molecule has 0 radical (unpaired) electrons. The van der Waals surface area contributed by atoms with E-state index in [1.807, 2.05) is 0 Å². The molecule has 0 N–H and O–H groups in total. The Bertz CT molecular complexity index is 504. The van der Waals surface area contributed by atoms with Crippen LogP contribution in [0.2, 0.25) is 0 Å². The summed E-state index contributed by atoms with van der Waals surface area (Å²) in [4.78, 5) is 5.45. The van der Waals surface area contributed by atoms with Crippen LogP contribution in [0.25, 0.3) is 10.4 Å². The van der Waals surface area contributed by atoms with E-state index in [1.54, 1.807) is 0 Å². The molecule has 2 aliphatic rings. The van der Waals surface area contributed by atoms with Gasteiger partial charge in [0.25, 0.3) is 0 Å². The Morgan fingerprint density at radius 1 is 1.29 bits per heavy atom. The summed E-state index contributed by atoms with van der Waals surface area (Å²) in [6.07, 6.45) is 3.82. The van der Waals surface area contributed by atoms with Crippen molar-refractivity contribution in [2.45, 2.75) is 43.9 Å². The lowest BCUT2D eigenvalue weighted by Gasteiger charge is -2.45. The lowest BCUT2D eigenvalue weighted by atomic mass is 9.82. The minimum Gasteiger partial charge on any atom is -0.375 e. The van der Waals surface area contributed by atoms with Gasteiger partial charge in [0.2, 0.25) is 0 Å². The minimum absolute atomic E-state index is 0.0513. The molecule has 1 atom stereocenters. The molecule has 0 saturated carbocycles. The fourth-order valence-electron chi connectivity index (χ4n) is 3.48. The summed E-state index contributed by atoms with van der Waals surface area (Å²) < 4.78 is 6.07. The molecule has 0 aliphatic carbocycles. The maximum Gasteiger partial charge on any atom is 0.0710 e. The lowest BCUT2D eigenvalue weighted by Crippen LogP contribution is -2.49. The van der Waals surface area contributed by atoms with E-state index in [2.05, 4.69) is 45.3 Å². The molecule has 2 fully saturated rings. The molecule has 1 spiro atoms. The number of hydrogen-bond acceptors (Lipinski definition) is 3. The van der Waals surface area contributed by atoms with Gasteiger partial charge >= 0.3 is 0 Å². The molecule has 1 aromatic carbocycles. The van der Waals surface area contributed by atoms with E-state index in [1.165, 1.54) is 5.56 Å². The fourth-order valence-corrected chi connectivity index (χ4v) is 3.48. The second-order valence-electron chi connectivity index (χ2n) is 6.14. The van der Waals surface area contributed by atoms with Gasteiger partial charge in [-0.1, -0.05) is 35.4 Å². The van der Waals surface area contributed by atoms with Gasteiger partial charge in [-0.25, -0.2) is 0 Å². The third-order valence-electron chi connectivity index (χ3n) is 4.70.